The minimum absolute atomic E-state index is 0.0503. The fourth-order valence-electron chi connectivity index (χ4n) is 5.26. The van der Waals surface area contributed by atoms with Crippen LogP contribution < -0.4 is 4.74 Å². The lowest BCUT2D eigenvalue weighted by molar-refractivity contribution is -0.141. The molecule has 0 bridgehead atoms. The molecule has 198 valence electrons. The van der Waals surface area contributed by atoms with Crippen molar-refractivity contribution in [2.24, 2.45) is 0 Å². The number of ether oxygens (including phenoxy) is 3. The number of aliphatic hydroxyl groups is 1. The van der Waals surface area contributed by atoms with E-state index in [9.17, 15) is 5.11 Å². The Morgan fingerprint density at radius 2 is 1.56 bits per heavy atom. The highest BCUT2D eigenvalue weighted by molar-refractivity contribution is 5.57. The van der Waals surface area contributed by atoms with Gasteiger partial charge in [-0.1, -0.05) is 70.2 Å². The fourth-order valence-corrected chi connectivity index (χ4v) is 5.26. The summed E-state index contributed by atoms with van der Waals surface area (Å²) < 4.78 is 17.7. The summed E-state index contributed by atoms with van der Waals surface area (Å²) in [6, 6.07) is 13.4. The number of benzene rings is 2. The molecule has 1 aliphatic rings. The summed E-state index contributed by atoms with van der Waals surface area (Å²) in [4.78, 5) is 0. The molecular weight excluding hydrogens is 448 g/mol. The van der Waals surface area contributed by atoms with Crippen molar-refractivity contribution >= 4 is 6.08 Å². The van der Waals surface area contributed by atoms with Gasteiger partial charge in [0.1, 0.15) is 18.5 Å². The Morgan fingerprint density at radius 1 is 0.944 bits per heavy atom. The monoisotopic (exact) mass is 494 g/mol. The molecule has 1 heterocycles. The van der Waals surface area contributed by atoms with Crippen LogP contribution in [0.1, 0.15) is 95.0 Å². The van der Waals surface area contributed by atoms with Gasteiger partial charge in [-0.2, -0.15) is 0 Å². The van der Waals surface area contributed by atoms with Gasteiger partial charge in [0.05, 0.1) is 12.2 Å². The number of rotatable bonds is 11. The molecule has 2 aromatic rings. The maximum Gasteiger partial charge on any atom is 0.163 e. The van der Waals surface area contributed by atoms with Crippen LogP contribution in [-0.2, 0) is 14.9 Å². The van der Waals surface area contributed by atoms with Gasteiger partial charge in [0.15, 0.2) is 5.79 Å². The molecule has 1 unspecified atom stereocenters. The van der Waals surface area contributed by atoms with Crippen LogP contribution in [0.4, 0.5) is 0 Å². The second kappa shape index (κ2) is 11.5. The van der Waals surface area contributed by atoms with E-state index in [-0.39, 0.29) is 11.5 Å². The first-order valence-corrected chi connectivity index (χ1v) is 13.6. The highest BCUT2D eigenvalue weighted by Gasteiger charge is 2.34. The Labute approximate surface area is 218 Å². The minimum atomic E-state index is -0.740. The van der Waals surface area contributed by atoms with Crippen LogP contribution in [0.5, 0.6) is 5.75 Å². The lowest BCUT2D eigenvalue weighted by Gasteiger charge is -2.34. The molecule has 4 nitrogen and oxygen atoms in total. The minimum Gasteiger partial charge on any atom is -0.491 e. The summed E-state index contributed by atoms with van der Waals surface area (Å²) in [6.07, 6.45) is 7.41. The predicted octanol–water partition coefficient (Wildman–Crippen LogP) is 7.50. The highest BCUT2D eigenvalue weighted by Crippen LogP contribution is 2.41. The summed E-state index contributed by atoms with van der Waals surface area (Å²) in [5, 5.41) is 10.7. The van der Waals surface area contributed by atoms with E-state index >= 15 is 0 Å². The van der Waals surface area contributed by atoms with E-state index in [1.807, 2.05) is 33.8 Å². The molecule has 2 aromatic carbocycles. The van der Waals surface area contributed by atoms with Gasteiger partial charge in [-0.15, -0.1) is 0 Å². The Kier molecular flexibility index (Phi) is 9.08. The molecule has 1 aliphatic heterocycles. The Hall–Kier alpha value is -2.14. The summed E-state index contributed by atoms with van der Waals surface area (Å²) in [7, 11) is 0. The van der Waals surface area contributed by atoms with Crippen LogP contribution in [0, 0.1) is 13.8 Å². The van der Waals surface area contributed by atoms with E-state index in [1.165, 1.54) is 16.7 Å². The van der Waals surface area contributed by atoms with Crippen LogP contribution in [0.15, 0.2) is 42.5 Å². The highest BCUT2D eigenvalue weighted by atomic mass is 16.7. The van der Waals surface area contributed by atoms with Crippen molar-refractivity contribution in [1.29, 1.82) is 0 Å². The van der Waals surface area contributed by atoms with Crippen molar-refractivity contribution in [2.75, 3.05) is 13.2 Å². The molecule has 0 saturated carbocycles. The molecule has 4 heteroatoms. The van der Waals surface area contributed by atoms with Crippen LogP contribution in [0.25, 0.3) is 6.08 Å². The maximum absolute atomic E-state index is 10.7. The number of aryl methyl sites for hydroxylation is 2. The van der Waals surface area contributed by atoms with E-state index in [1.54, 1.807) is 0 Å². The van der Waals surface area contributed by atoms with Crippen molar-refractivity contribution < 1.29 is 19.3 Å². The van der Waals surface area contributed by atoms with E-state index in [4.69, 9.17) is 14.2 Å². The van der Waals surface area contributed by atoms with Crippen molar-refractivity contribution in [1.82, 2.24) is 0 Å². The average molecular weight is 495 g/mol. The molecule has 1 atom stereocenters. The average Bonchev–Trinajstić information content (AvgIpc) is 3.22. The molecule has 1 fully saturated rings. The lowest BCUT2D eigenvalue weighted by Crippen LogP contribution is -2.27. The molecule has 0 amide bonds. The SMILES string of the molecule is CCC(O)(C=Cc1ccc(C(CC)(CC)c2ccc(OCC3COC(C)(C)O3)c(C)c2)cc1C)CC. The van der Waals surface area contributed by atoms with Crippen molar-refractivity contribution in [3.8, 4) is 5.75 Å². The van der Waals surface area contributed by atoms with E-state index < -0.39 is 11.4 Å². The van der Waals surface area contributed by atoms with E-state index in [0.29, 0.717) is 26.1 Å². The molecular formula is C32H46O4. The van der Waals surface area contributed by atoms with Gasteiger partial charge < -0.3 is 19.3 Å². The van der Waals surface area contributed by atoms with Crippen molar-refractivity contribution in [2.45, 2.75) is 104 Å². The Balaban J connectivity index is 1.84. The molecule has 1 N–H and O–H groups in total. The quantitative estimate of drug-likeness (QED) is 0.351. The zero-order valence-corrected chi connectivity index (χ0v) is 23.6. The van der Waals surface area contributed by atoms with Crippen molar-refractivity contribution in [3.63, 3.8) is 0 Å². The van der Waals surface area contributed by atoms with Crippen LogP contribution in [0.2, 0.25) is 0 Å². The van der Waals surface area contributed by atoms with E-state index in [0.717, 1.165) is 29.7 Å². The van der Waals surface area contributed by atoms with Gasteiger partial charge in [-0.25, -0.2) is 0 Å². The van der Waals surface area contributed by atoms with Gasteiger partial charge in [-0.05, 0) is 87.3 Å². The number of hydrogen-bond donors (Lipinski definition) is 1. The summed E-state index contributed by atoms with van der Waals surface area (Å²) in [6.45, 7) is 17.8. The first-order valence-electron chi connectivity index (χ1n) is 13.6. The smallest absolute Gasteiger partial charge is 0.163 e. The van der Waals surface area contributed by atoms with Gasteiger partial charge >= 0.3 is 0 Å². The number of hydrogen-bond acceptors (Lipinski definition) is 4. The third-order valence-electron chi connectivity index (χ3n) is 8.05. The normalized spacial score (nSPS) is 18.2. The third-order valence-corrected chi connectivity index (χ3v) is 8.05. The van der Waals surface area contributed by atoms with Gasteiger partial charge in [0.25, 0.3) is 0 Å². The molecule has 3 rings (SSSR count). The summed E-state index contributed by atoms with van der Waals surface area (Å²) >= 11 is 0. The maximum atomic E-state index is 10.7. The van der Waals surface area contributed by atoms with Gasteiger partial charge in [-0.3, -0.25) is 0 Å². The van der Waals surface area contributed by atoms with Gasteiger partial charge in [0.2, 0.25) is 0 Å². The molecule has 0 aliphatic carbocycles. The van der Waals surface area contributed by atoms with E-state index in [2.05, 4.69) is 70.2 Å². The second-order valence-corrected chi connectivity index (χ2v) is 10.7. The Morgan fingerprint density at radius 3 is 2.06 bits per heavy atom. The largest absolute Gasteiger partial charge is 0.491 e. The molecule has 0 aromatic heterocycles. The second-order valence-electron chi connectivity index (χ2n) is 10.7. The first kappa shape index (κ1) is 28.4. The molecule has 0 radical (unpaired) electrons. The predicted molar refractivity (Wildman–Crippen MR) is 149 cm³/mol. The van der Waals surface area contributed by atoms with Crippen LogP contribution in [-0.4, -0.2) is 35.8 Å². The first-order chi connectivity index (χ1) is 17.0. The summed E-state index contributed by atoms with van der Waals surface area (Å²) in [5.74, 6) is 0.357. The molecule has 0 spiro atoms. The molecule has 1 saturated heterocycles. The van der Waals surface area contributed by atoms with Gasteiger partial charge in [0, 0.05) is 5.41 Å². The Bertz CT molecular complexity index is 1040. The standard InChI is InChI=1S/C32H46O4/c1-9-31(33,10-2)18-17-25-13-14-26(19-23(25)5)32(11-3,12-4)27-15-16-29(24(6)20-27)34-21-28-22-35-30(7,8)36-28/h13-20,28,33H,9-12,21-22H2,1-8H3. The van der Waals surface area contributed by atoms with Crippen LogP contribution in [0.3, 0.4) is 0 Å². The molecule has 36 heavy (non-hydrogen) atoms. The lowest BCUT2D eigenvalue weighted by atomic mass is 9.70. The van der Waals surface area contributed by atoms with Crippen LogP contribution >= 0.6 is 0 Å². The zero-order chi connectivity index (χ0) is 26.6. The summed E-state index contributed by atoms with van der Waals surface area (Å²) in [5.41, 5.74) is 5.34. The third kappa shape index (κ3) is 6.22. The fraction of sp³-hybridized carbons (Fsp3) is 0.562. The zero-order valence-electron chi connectivity index (χ0n) is 23.6. The van der Waals surface area contributed by atoms with Crippen molar-refractivity contribution in [3.05, 3.63) is 70.3 Å². The topological polar surface area (TPSA) is 47.9 Å².